The molecular formula is C26H51N7O7S. The molecule has 0 fully saturated rings. The quantitative estimate of drug-likeness (QED) is 0.0599. The number of carbonyl (C=O) groups excluding carboxylic acids is 4. The van der Waals surface area contributed by atoms with E-state index in [4.69, 9.17) is 17.2 Å². The highest BCUT2D eigenvalue weighted by molar-refractivity contribution is 7.98. The van der Waals surface area contributed by atoms with Crippen LogP contribution in [-0.2, 0) is 24.0 Å². The first-order valence-corrected chi connectivity index (χ1v) is 15.6. The SMILES string of the molecule is CC[C@H](C)[C@H](NC(=O)[C@H](CCCCN)NC(=O)[C@@H](N)CCSC)C(=O)N[C@@H](CO)C(=O)N[C@@H](CCCCN)C(=O)O. The summed E-state index contributed by atoms with van der Waals surface area (Å²) in [7, 11) is 0. The van der Waals surface area contributed by atoms with Crippen LogP contribution in [0.15, 0.2) is 0 Å². The van der Waals surface area contributed by atoms with E-state index in [2.05, 4.69) is 21.3 Å². The molecule has 0 aromatic heterocycles. The Kier molecular flexibility index (Phi) is 20.8. The van der Waals surface area contributed by atoms with E-state index in [1.807, 2.05) is 13.2 Å². The first kappa shape index (κ1) is 38.5. The molecule has 14 nitrogen and oxygen atoms in total. The molecule has 0 unspecified atom stereocenters. The molecule has 4 amide bonds. The third-order valence-electron chi connectivity index (χ3n) is 6.72. The van der Waals surface area contributed by atoms with Crippen molar-refractivity contribution in [2.24, 2.45) is 23.1 Å². The molecular weight excluding hydrogens is 554 g/mol. The van der Waals surface area contributed by atoms with E-state index in [9.17, 15) is 34.2 Å². The van der Waals surface area contributed by atoms with Crippen molar-refractivity contribution in [3.63, 3.8) is 0 Å². The van der Waals surface area contributed by atoms with E-state index in [0.717, 1.165) is 0 Å². The van der Waals surface area contributed by atoms with E-state index >= 15 is 0 Å². The highest BCUT2D eigenvalue weighted by Gasteiger charge is 2.33. The number of aliphatic hydroxyl groups excluding tert-OH is 1. The van der Waals surface area contributed by atoms with Crippen molar-refractivity contribution in [1.29, 1.82) is 0 Å². The van der Waals surface area contributed by atoms with Crippen LogP contribution in [0.1, 0.15) is 65.2 Å². The van der Waals surface area contributed by atoms with Gasteiger partial charge in [0.2, 0.25) is 23.6 Å². The second-order valence-corrected chi connectivity index (χ2v) is 11.0. The Bertz CT molecular complexity index is 821. The maximum absolute atomic E-state index is 13.3. The van der Waals surface area contributed by atoms with Gasteiger partial charge in [-0.15, -0.1) is 0 Å². The van der Waals surface area contributed by atoms with Crippen molar-refractivity contribution in [3.05, 3.63) is 0 Å². The number of carbonyl (C=O) groups is 5. The Labute approximate surface area is 247 Å². The zero-order chi connectivity index (χ0) is 31.4. The fourth-order valence-electron chi connectivity index (χ4n) is 3.85. The first-order chi connectivity index (χ1) is 19.5. The van der Waals surface area contributed by atoms with E-state index < -0.39 is 66.4 Å². The minimum absolute atomic E-state index is 0.133. The highest BCUT2D eigenvalue weighted by atomic mass is 32.2. The lowest BCUT2D eigenvalue weighted by Crippen LogP contribution is -2.60. The third-order valence-corrected chi connectivity index (χ3v) is 7.36. The number of carboxylic acid groups (broad SMARTS) is 1. The topological polar surface area (TPSA) is 252 Å². The molecule has 0 aliphatic rings. The van der Waals surface area contributed by atoms with Crippen molar-refractivity contribution in [3.8, 4) is 0 Å². The van der Waals surface area contributed by atoms with E-state index in [-0.39, 0.29) is 18.8 Å². The molecule has 0 aromatic carbocycles. The molecule has 41 heavy (non-hydrogen) atoms. The van der Waals surface area contributed by atoms with Crippen molar-refractivity contribution in [1.82, 2.24) is 21.3 Å². The van der Waals surface area contributed by atoms with E-state index in [1.54, 1.807) is 18.7 Å². The van der Waals surface area contributed by atoms with Crippen LogP contribution in [-0.4, -0.2) is 102 Å². The lowest BCUT2D eigenvalue weighted by Gasteiger charge is -2.28. The number of thioether (sulfide) groups is 1. The maximum Gasteiger partial charge on any atom is 0.326 e. The summed E-state index contributed by atoms with van der Waals surface area (Å²) in [5.41, 5.74) is 17.0. The summed E-state index contributed by atoms with van der Waals surface area (Å²) >= 11 is 1.55. The number of aliphatic carboxylic acids is 1. The minimum Gasteiger partial charge on any atom is -0.480 e. The molecule has 6 atom stereocenters. The summed E-state index contributed by atoms with van der Waals surface area (Å²) < 4.78 is 0. The van der Waals surface area contributed by atoms with Gasteiger partial charge in [-0.1, -0.05) is 20.3 Å². The van der Waals surface area contributed by atoms with Gasteiger partial charge in [0.05, 0.1) is 12.6 Å². The van der Waals surface area contributed by atoms with E-state index in [0.29, 0.717) is 57.4 Å². The third kappa shape index (κ3) is 15.4. The van der Waals surface area contributed by atoms with Crippen molar-refractivity contribution in [2.75, 3.05) is 31.7 Å². The van der Waals surface area contributed by atoms with Gasteiger partial charge in [0.25, 0.3) is 0 Å². The second-order valence-electron chi connectivity index (χ2n) is 10.0. The van der Waals surface area contributed by atoms with Crippen molar-refractivity contribution in [2.45, 2.75) is 95.4 Å². The summed E-state index contributed by atoms with van der Waals surface area (Å²) in [6, 6.07) is -5.53. The predicted molar refractivity (Wildman–Crippen MR) is 159 cm³/mol. The van der Waals surface area contributed by atoms with Gasteiger partial charge in [-0.05, 0) is 76.0 Å². The number of nitrogens with one attached hydrogen (secondary N) is 4. The standard InChI is InChI=1S/C26H51N7O7S/c1-4-16(2)21(25(38)32-20(15-34)24(37)31-19(26(39)40)10-6-8-13-28)33-23(36)18(9-5-7-12-27)30-22(35)17(29)11-14-41-3/h16-21,34H,4-15,27-29H2,1-3H3,(H,30,35)(H,31,37)(H,32,38)(H,33,36)(H,39,40)/t16-,17-,18-,19-,20-,21-/m0/s1. The average Bonchev–Trinajstić information content (AvgIpc) is 2.95. The molecule has 12 N–H and O–H groups in total. The summed E-state index contributed by atoms with van der Waals surface area (Å²) in [4.78, 5) is 63.5. The number of hydrogen-bond acceptors (Lipinski definition) is 10. The van der Waals surface area contributed by atoms with Crippen LogP contribution >= 0.6 is 11.8 Å². The van der Waals surface area contributed by atoms with Crippen molar-refractivity contribution < 1.29 is 34.2 Å². The van der Waals surface area contributed by atoms with E-state index in [1.165, 1.54) is 0 Å². The molecule has 0 spiro atoms. The molecule has 0 radical (unpaired) electrons. The van der Waals surface area contributed by atoms with Gasteiger partial charge < -0.3 is 48.7 Å². The fraction of sp³-hybridized carbons (Fsp3) is 0.808. The highest BCUT2D eigenvalue weighted by Crippen LogP contribution is 2.11. The summed E-state index contributed by atoms with van der Waals surface area (Å²) in [5, 5.41) is 29.3. The van der Waals surface area contributed by atoms with Crippen LogP contribution in [0.25, 0.3) is 0 Å². The largest absolute Gasteiger partial charge is 0.480 e. The number of carboxylic acids is 1. The number of unbranched alkanes of at least 4 members (excludes halogenated alkanes) is 2. The average molecular weight is 606 g/mol. The van der Waals surface area contributed by atoms with Crippen LogP contribution in [0.3, 0.4) is 0 Å². The summed E-state index contributed by atoms with van der Waals surface area (Å²) in [5.74, 6) is -3.64. The summed E-state index contributed by atoms with van der Waals surface area (Å²) in [6.07, 6.45) is 5.46. The maximum atomic E-state index is 13.3. The molecule has 0 aliphatic heterocycles. The zero-order valence-corrected chi connectivity index (χ0v) is 25.3. The van der Waals surface area contributed by atoms with Crippen LogP contribution in [0.5, 0.6) is 0 Å². The molecule has 0 aromatic rings. The second kappa shape index (κ2) is 22.2. The van der Waals surface area contributed by atoms with Gasteiger partial charge in [-0.3, -0.25) is 19.2 Å². The van der Waals surface area contributed by atoms with Crippen LogP contribution in [0.4, 0.5) is 0 Å². The molecule has 0 saturated heterocycles. The smallest absolute Gasteiger partial charge is 0.326 e. The number of aliphatic hydroxyl groups is 1. The lowest BCUT2D eigenvalue weighted by atomic mass is 9.97. The zero-order valence-electron chi connectivity index (χ0n) is 24.5. The minimum atomic E-state index is -1.45. The van der Waals surface area contributed by atoms with Gasteiger partial charge in [0.15, 0.2) is 0 Å². The van der Waals surface area contributed by atoms with Gasteiger partial charge in [0.1, 0.15) is 24.2 Å². The number of hydrogen-bond donors (Lipinski definition) is 9. The van der Waals surface area contributed by atoms with Crippen molar-refractivity contribution >= 4 is 41.4 Å². The number of nitrogens with two attached hydrogens (primary N) is 3. The predicted octanol–water partition coefficient (Wildman–Crippen LogP) is -1.61. The summed E-state index contributed by atoms with van der Waals surface area (Å²) in [6.45, 7) is 3.54. The van der Waals surface area contributed by atoms with Crippen LogP contribution in [0.2, 0.25) is 0 Å². The Balaban J connectivity index is 5.62. The van der Waals surface area contributed by atoms with Crippen LogP contribution < -0.4 is 38.5 Å². The number of amides is 4. The van der Waals surface area contributed by atoms with Crippen LogP contribution in [0, 0.1) is 5.92 Å². The fourth-order valence-corrected chi connectivity index (χ4v) is 4.34. The molecule has 238 valence electrons. The molecule has 0 heterocycles. The number of rotatable bonds is 23. The van der Waals surface area contributed by atoms with Gasteiger partial charge in [0, 0.05) is 0 Å². The molecule has 15 heteroatoms. The monoisotopic (exact) mass is 605 g/mol. The van der Waals surface area contributed by atoms with Gasteiger partial charge in [-0.2, -0.15) is 11.8 Å². The normalized spacial score (nSPS) is 15.5. The van der Waals surface area contributed by atoms with Gasteiger partial charge >= 0.3 is 5.97 Å². The van der Waals surface area contributed by atoms with Gasteiger partial charge in [-0.25, -0.2) is 4.79 Å². The lowest BCUT2D eigenvalue weighted by molar-refractivity contribution is -0.143. The Morgan fingerprint density at radius 1 is 0.756 bits per heavy atom. The Morgan fingerprint density at radius 3 is 1.76 bits per heavy atom. The molecule has 0 aliphatic carbocycles. The Hall–Kier alpha value is -2.46. The molecule has 0 bridgehead atoms. The molecule has 0 saturated carbocycles. The first-order valence-electron chi connectivity index (χ1n) is 14.2. The molecule has 0 rings (SSSR count). The Morgan fingerprint density at radius 2 is 1.27 bits per heavy atom.